The summed E-state index contributed by atoms with van der Waals surface area (Å²) in [6, 6.07) is 5.72. The van der Waals surface area contributed by atoms with Crippen LogP contribution in [0.25, 0.3) is 11.3 Å². The molecule has 0 amide bonds. The number of carbonyl (C=O) groups is 1. The Bertz CT molecular complexity index is 759. The number of aromatic nitrogens is 3. The Kier molecular flexibility index (Phi) is 3.61. The van der Waals surface area contributed by atoms with Crippen LogP contribution < -0.4 is 5.62 Å². The van der Waals surface area contributed by atoms with Gasteiger partial charge in [0, 0.05) is 25.2 Å². The van der Waals surface area contributed by atoms with Crippen molar-refractivity contribution in [3.05, 3.63) is 53.8 Å². The summed E-state index contributed by atoms with van der Waals surface area (Å²) in [5, 5.41) is 4.26. The molecular formula is C15H16N4O. The molecule has 2 aromatic rings. The fourth-order valence-electron chi connectivity index (χ4n) is 2.18. The lowest BCUT2D eigenvalue weighted by molar-refractivity contribution is 0.103. The van der Waals surface area contributed by atoms with E-state index in [0.717, 1.165) is 11.1 Å². The minimum Gasteiger partial charge on any atom is -0.287 e. The maximum Gasteiger partial charge on any atom is 0.241 e. The molecule has 0 saturated heterocycles. The highest BCUT2D eigenvalue weighted by atomic mass is 16.1. The molecule has 1 heterocycles. The average Bonchev–Trinajstić information content (AvgIpc) is 2.72. The van der Waals surface area contributed by atoms with E-state index >= 15 is 0 Å². The maximum absolute atomic E-state index is 12.2. The highest BCUT2D eigenvalue weighted by Crippen LogP contribution is 2.33. The highest BCUT2D eigenvalue weighted by Gasteiger charge is 2.30. The largest absolute Gasteiger partial charge is 0.287 e. The van der Waals surface area contributed by atoms with Crippen molar-refractivity contribution in [2.75, 3.05) is 7.05 Å². The van der Waals surface area contributed by atoms with Crippen molar-refractivity contribution in [1.29, 1.82) is 0 Å². The molecular weight excluding hydrogens is 252 g/mol. The van der Waals surface area contributed by atoms with Gasteiger partial charge in [-0.2, -0.15) is 5.10 Å². The lowest BCUT2D eigenvalue weighted by Gasteiger charge is -2.02. The van der Waals surface area contributed by atoms with E-state index in [1.807, 2.05) is 25.1 Å². The smallest absolute Gasteiger partial charge is 0.241 e. The summed E-state index contributed by atoms with van der Waals surface area (Å²) in [5.41, 5.74) is 4.18. The van der Waals surface area contributed by atoms with Gasteiger partial charge in [0.15, 0.2) is 5.69 Å². The number of hydrogen-bond donors (Lipinski definition) is 0. The predicted octanol–water partition coefficient (Wildman–Crippen LogP) is 1.67. The van der Waals surface area contributed by atoms with Crippen LogP contribution in [0.4, 0.5) is 0 Å². The van der Waals surface area contributed by atoms with Gasteiger partial charge in [0.25, 0.3) is 0 Å². The van der Waals surface area contributed by atoms with Crippen LogP contribution >= 0.6 is 0 Å². The third-order valence-electron chi connectivity index (χ3n) is 3.07. The third-order valence-corrected chi connectivity index (χ3v) is 3.07. The van der Waals surface area contributed by atoms with E-state index < -0.39 is 0 Å². The number of rotatable bonds is 0. The molecule has 0 radical (unpaired) electrons. The van der Waals surface area contributed by atoms with E-state index in [2.05, 4.69) is 28.2 Å². The molecule has 20 heavy (non-hydrogen) atoms. The number of fused-ring (bicyclic) bond motifs is 3. The zero-order valence-electron chi connectivity index (χ0n) is 11.8. The Balaban J connectivity index is 0.000000704. The van der Waals surface area contributed by atoms with Crippen molar-refractivity contribution in [1.82, 2.24) is 14.8 Å². The SMILES string of the molecule is C=C.CN=c1nc2c(nn1C)C(=O)c1ccc(C)cc1-2. The normalized spacial score (nSPS) is 12.6. The van der Waals surface area contributed by atoms with Crippen molar-refractivity contribution in [2.24, 2.45) is 12.0 Å². The summed E-state index contributed by atoms with van der Waals surface area (Å²) in [4.78, 5) is 20.7. The van der Waals surface area contributed by atoms with Crippen LogP contribution in [-0.4, -0.2) is 27.6 Å². The Labute approximate surface area is 117 Å². The first-order valence-corrected chi connectivity index (χ1v) is 6.15. The Hall–Kier alpha value is -2.56. The van der Waals surface area contributed by atoms with Gasteiger partial charge < -0.3 is 0 Å². The van der Waals surface area contributed by atoms with Crippen LogP contribution in [0, 0.1) is 6.92 Å². The molecule has 102 valence electrons. The van der Waals surface area contributed by atoms with Crippen LogP contribution in [0.3, 0.4) is 0 Å². The van der Waals surface area contributed by atoms with Gasteiger partial charge in [-0.15, -0.1) is 13.2 Å². The topological polar surface area (TPSA) is 60.1 Å². The van der Waals surface area contributed by atoms with Gasteiger partial charge in [-0.05, 0) is 13.0 Å². The first-order valence-electron chi connectivity index (χ1n) is 6.15. The second-order valence-electron chi connectivity index (χ2n) is 4.33. The van der Waals surface area contributed by atoms with Crippen molar-refractivity contribution in [2.45, 2.75) is 6.92 Å². The molecule has 0 aliphatic heterocycles. The van der Waals surface area contributed by atoms with Gasteiger partial charge in [0.05, 0.1) is 0 Å². The summed E-state index contributed by atoms with van der Waals surface area (Å²) < 4.78 is 1.52. The standard InChI is InChI=1S/C13H12N4O.C2H4/c1-7-4-5-8-9(6-7)10-11(12(8)18)16-17(3)13(14-2)15-10;1-2/h4-6H,1-3H3;1-2H2. The first kappa shape index (κ1) is 13.9. The Morgan fingerprint density at radius 1 is 1.20 bits per heavy atom. The van der Waals surface area contributed by atoms with Gasteiger partial charge in [-0.1, -0.05) is 17.7 Å². The van der Waals surface area contributed by atoms with Crippen molar-refractivity contribution < 1.29 is 4.79 Å². The maximum atomic E-state index is 12.2. The molecule has 0 unspecified atom stereocenters. The van der Waals surface area contributed by atoms with E-state index in [1.165, 1.54) is 4.68 Å². The van der Waals surface area contributed by atoms with E-state index in [1.54, 1.807) is 14.1 Å². The van der Waals surface area contributed by atoms with Gasteiger partial charge >= 0.3 is 0 Å². The van der Waals surface area contributed by atoms with Crippen LogP contribution in [0.15, 0.2) is 36.3 Å². The summed E-state index contributed by atoms with van der Waals surface area (Å²) in [6.07, 6.45) is 0. The van der Waals surface area contributed by atoms with E-state index in [-0.39, 0.29) is 5.78 Å². The predicted molar refractivity (Wildman–Crippen MR) is 77.3 cm³/mol. The number of carbonyl (C=O) groups excluding carboxylic acids is 1. The molecule has 1 aliphatic carbocycles. The molecule has 0 bridgehead atoms. The quantitative estimate of drug-likeness (QED) is 0.583. The van der Waals surface area contributed by atoms with Gasteiger partial charge in [0.1, 0.15) is 5.69 Å². The molecule has 1 aromatic heterocycles. The van der Waals surface area contributed by atoms with Crippen LogP contribution in [0.2, 0.25) is 0 Å². The van der Waals surface area contributed by atoms with Gasteiger partial charge in [0.2, 0.25) is 11.4 Å². The monoisotopic (exact) mass is 268 g/mol. The molecule has 0 atom stereocenters. The second-order valence-corrected chi connectivity index (χ2v) is 4.33. The summed E-state index contributed by atoms with van der Waals surface area (Å²) in [5.74, 6) is -0.0641. The van der Waals surface area contributed by atoms with E-state index in [9.17, 15) is 4.79 Å². The van der Waals surface area contributed by atoms with Gasteiger partial charge in [-0.25, -0.2) is 9.67 Å². The number of ketones is 1. The minimum absolute atomic E-state index is 0.0641. The molecule has 0 N–H and O–H groups in total. The Morgan fingerprint density at radius 2 is 1.90 bits per heavy atom. The second kappa shape index (κ2) is 5.21. The summed E-state index contributed by atoms with van der Waals surface area (Å²) in [7, 11) is 3.39. The average molecular weight is 268 g/mol. The lowest BCUT2D eigenvalue weighted by Crippen LogP contribution is -2.26. The van der Waals surface area contributed by atoms with Crippen LogP contribution in [0.1, 0.15) is 21.6 Å². The molecule has 1 aliphatic rings. The Morgan fingerprint density at radius 3 is 2.55 bits per heavy atom. The molecule has 0 spiro atoms. The van der Waals surface area contributed by atoms with Crippen LogP contribution in [0.5, 0.6) is 0 Å². The summed E-state index contributed by atoms with van der Waals surface area (Å²) >= 11 is 0. The zero-order chi connectivity index (χ0) is 14.9. The highest BCUT2D eigenvalue weighted by molar-refractivity contribution is 6.19. The number of nitrogens with zero attached hydrogens (tertiary/aromatic N) is 4. The van der Waals surface area contributed by atoms with E-state index in [0.29, 0.717) is 22.6 Å². The van der Waals surface area contributed by atoms with E-state index in [4.69, 9.17) is 0 Å². The van der Waals surface area contributed by atoms with Crippen molar-refractivity contribution >= 4 is 5.78 Å². The number of benzene rings is 1. The van der Waals surface area contributed by atoms with Crippen molar-refractivity contribution in [3.63, 3.8) is 0 Å². The van der Waals surface area contributed by atoms with Gasteiger partial charge in [-0.3, -0.25) is 9.79 Å². The molecule has 5 heteroatoms. The summed E-state index contributed by atoms with van der Waals surface area (Å²) in [6.45, 7) is 7.99. The third kappa shape index (κ3) is 1.97. The lowest BCUT2D eigenvalue weighted by atomic mass is 10.1. The zero-order valence-corrected chi connectivity index (χ0v) is 11.8. The fraction of sp³-hybridized carbons (Fsp3) is 0.200. The minimum atomic E-state index is -0.0641. The molecule has 1 aromatic carbocycles. The molecule has 0 saturated carbocycles. The molecule has 5 nitrogen and oxygen atoms in total. The molecule has 3 rings (SSSR count). The fourth-order valence-corrected chi connectivity index (χ4v) is 2.18. The number of hydrogen-bond acceptors (Lipinski definition) is 4. The molecule has 0 fully saturated rings. The first-order chi connectivity index (χ1) is 9.61. The number of aryl methyl sites for hydroxylation is 2. The van der Waals surface area contributed by atoms with Crippen LogP contribution in [-0.2, 0) is 7.05 Å². The van der Waals surface area contributed by atoms with Crippen molar-refractivity contribution in [3.8, 4) is 11.3 Å².